The van der Waals surface area contributed by atoms with Gasteiger partial charge in [-0.3, -0.25) is 14.5 Å². The number of carboxylic acid groups (broad SMARTS) is 3. The summed E-state index contributed by atoms with van der Waals surface area (Å²) in [5.74, 6) is -3.62. The minimum absolute atomic E-state index is 0.450. The van der Waals surface area contributed by atoms with Gasteiger partial charge in [0.05, 0.1) is 45.0 Å². The van der Waals surface area contributed by atoms with Crippen molar-refractivity contribution in [2.75, 3.05) is 44.8 Å². The molecule has 2 aliphatic heterocycles. The van der Waals surface area contributed by atoms with Crippen LogP contribution in [0.4, 0.5) is 11.6 Å². The van der Waals surface area contributed by atoms with Crippen molar-refractivity contribution in [2.24, 2.45) is 0 Å². The van der Waals surface area contributed by atoms with Gasteiger partial charge in [-0.2, -0.15) is 0 Å². The van der Waals surface area contributed by atoms with Crippen LogP contribution in [0.2, 0.25) is 0 Å². The summed E-state index contributed by atoms with van der Waals surface area (Å²) < 4.78 is 17.9. The van der Waals surface area contributed by atoms with Crippen LogP contribution >= 0.6 is 0 Å². The summed E-state index contributed by atoms with van der Waals surface area (Å²) in [4.78, 5) is 42.1. The maximum absolute atomic E-state index is 10.3. The van der Waals surface area contributed by atoms with Crippen LogP contribution in [0.25, 0.3) is 11.3 Å². The van der Waals surface area contributed by atoms with Gasteiger partial charge in [0, 0.05) is 29.6 Å². The lowest BCUT2D eigenvalue weighted by Gasteiger charge is -2.18. The Kier molecular flexibility index (Phi) is 13.4. The molecule has 2 aliphatic rings. The van der Waals surface area contributed by atoms with E-state index in [9.17, 15) is 14.4 Å². The van der Waals surface area contributed by atoms with Crippen molar-refractivity contribution in [3.05, 3.63) is 78.0 Å². The van der Waals surface area contributed by atoms with Gasteiger partial charge in [0.25, 0.3) is 0 Å². The third kappa shape index (κ3) is 11.4. The van der Waals surface area contributed by atoms with E-state index in [4.69, 9.17) is 39.6 Å². The highest BCUT2D eigenvalue weighted by atomic mass is 16.5. The largest absolute Gasteiger partial charge is 0.492 e. The Morgan fingerprint density at radius 1 is 0.917 bits per heavy atom. The first-order valence-electron chi connectivity index (χ1n) is 15.5. The summed E-state index contributed by atoms with van der Waals surface area (Å²) in [6.07, 6.45) is 6.04. The molecule has 1 saturated heterocycles. The number of fused-ring (bicyclic) bond motifs is 7. The number of aromatic nitrogens is 2. The molecule has 3 heterocycles. The fraction of sp³-hybridized carbons (Fsp3) is 0.382. The molecular weight excluding hydrogens is 624 g/mol. The summed E-state index contributed by atoms with van der Waals surface area (Å²) >= 11 is 0. The molecule has 6 bridgehead atoms. The number of carbonyl (C=O) groups is 3. The molecule has 3 aromatic rings. The first-order valence-corrected chi connectivity index (χ1v) is 15.5. The van der Waals surface area contributed by atoms with E-state index in [0.717, 1.165) is 40.4 Å². The van der Waals surface area contributed by atoms with E-state index >= 15 is 0 Å². The number of carboxylic acids is 3. The van der Waals surface area contributed by atoms with Crippen LogP contribution in [-0.4, -0.2) is 98.3 Å². The first-order chi connectivity index (χ1) is 23.1. The highest BCUT2D eigenvalue weighted by molar-refractivity contribution is 5.88. The highest BCUT2D eigenvalue weighted by Crippen LogP contribution is 2.27. The number of nitrogens with zero attached hydrogens (tertiary/aromatic N) is 3. The van der Waals surface area contributed by atoms with Gasteiger partial charge in [-0.15, -0.1) is 0 Å². The maximum Gasteiger partial charge on any atom is 0.336 e. The Labute approximate surface area is 277 Å². The van der Waals surface area contributed by atoms with Gasteiger partial charge < -0.3 is 40.0 Å². The second-order valence-corrected chi connectivity index (χ2v) is 11.3. The summed E-state index contributed by atoms with van der Waals surface area (Å²) in [7, 11) is 0. The molecule has 0 atom stereocenters. The number of benzene rings is 2. The van der Waals surface area contributed by atoms with E-state index in [2.05, 4.69) is 39.5 Å². The highest BCUT2D eigenvalue weighted by Gasteiger charge is 2.40. The van der Waals surface area contributed by atoms with Gasteiger partial charge in [0.15, 0.2) is 5.60 Å². The van der Waals surface area contributed by atoms with Gasteiger partial charge in [-0.1, -0.05) is 30.4 Å². The molecule has 5 rings (SSSR count). The Hall–Kier alpha value is -4.89. The van der Waals surface area contributed by atoms with Crippen molar-refractivity contribution < 1.29 is 49.0 Å². The van der Waals surface area contributed by atoms with E-state index in [1.165, 1.54) is 25.9 Å². The standard InChI is InChI=1S/C28H32N4O3.C6H8O7/c1-2-13-32(12-1)14-17-35-27-9-8-25-19-24(27)21-34-16-4-3-15-33-20-22-6-5-7-23(18-22)26-10-11-29-28(30-25)31-26;7-3(8)1-6(13,5(11)12)2-4(9)10/h3-11,18-19H,1-2,12-17,20-21H2,(H,29,30,31);13H,1-2H2,(H,7,8)(H,9,10)(H,11,12)/b4-3-;. The number of aliphatic hydroxyl groups is 1. The summed E-state index contributed by atoms with van der Waals surface area (Å²) in [5.41, 5.74) is 2.14. The first kappa shape index (κ1) is 36.0. The molecule has 1 aromatic heterocycles. The maximum atomic E-state index is 10.3. The SMILES string of the molecule is C1=C\COCc2cc(ccc2OCCN2CCCC2)Nc2nccc(n2)-c2cccc(c2)COC/1.O=C(O)CC(O)(CC(=O)O)C(=O)O. The average Bonchev–Trinajstić information content (AvgIpc) is 3.56. The molecular formula is C34H40N4O10. The number of hydrogen-bond donors (Lipinski definition) is 5. The van der Waals surface area contributed by atoms with E-state index in [-0.39, 0.29) is 0 Å². The molecule has 14 nitrogen and oxygen atoms in total. The second-order valence-electron chi connectivity index (χ2n) is 11.3. The fourth-order valence-electron chi connectivity index (χ4n) is 5.06. The van der Waals surface area contributed by atoms with Crippen molar-refractivity contribution in [3.63, 3.8) is 0 Å². The Morgan fingerprint density at radius 2 is 1.62 bits per heavy atom. The predicted octanol–water partition coefficient (Wildman–Crippen LogP) is 3.72. The monoisotopic (exact) mass is 664 g/mol. The molecule has 0 saturated carbocycles. The zero-order valence-electron chi connectivity index (χ0n) is 26.4. The van der Waals surface area contributed by atoms with Crippen molar-refractivity contribution in [2.45, 2.75) is 44.5 Å². The predicted molar refractivity (Wildman–Crippen MR) is 174 cm³/mol. The third-order valence-electron chi connectivity index (χ3n) is 7.47. The van der Waals surface area contributed by atoms with Gasteiger partial charge in [-0.05, 0) is 61.8 Å². The molecule has 0 radical (unpaired) electrons. The van der Waals surface area contributed by atoms with Crippen molar-refractivity contribution >= 4 is 29.5 Å². The molecule has 0 amide bonds. The molecule has 5 N–H and O–H groups in total. The lowest BCUT2D eigenvalue weighted by molar-refractivity contribution is -0.170. The molecule has 48 heavy (non-hydrogen) atoms. The third-order valence-corrected chi connectivity index (χ3v) is 7.47. The van der Waals surface area contributed by atoms with Crippen LogP contribution in [0.5, 0.6) is 5.75 Å². The Morgan fingerprint density at radius 3 is 2.31 bits per heavy atom. The lowest BCUT2D eigenvalue weighted by atomic mass is 9.96. The molecule has 14 heteroatoms. The number of hydrogen-bond acceptors (Lipinski definition) is 11. The summed E-state index contributed by atoms with van der Waals surface area (Å²) in [5, 5.41) is 37.2. The molecule has 0 unspecified atom stereocenters. The van der Waals surface area contributed by atoms with Gasteiger partial charge in [0.1, 0.15) is 12.4 Å². The van der Waals surface area contributed by atoms with Gasteiger partial charge in [0.2, 0.25) is 5.95 Å². The lowest BCUT2D eigenvalue weighted by Crippen LogP contribution is -2.42. The van der Waals surface area contributed by atoms with Crippen LogP contribution in [-0.2, 0) is 37.1 Å². The number of anilines is 2. The smallest absolute Gasteiger partial charge is 0.336 e. The normalized spacial score (nSPS) is 15.9. The van der Waals surface area contributed by atoms with Crippen LogP contribution in [0.15, 0.2) is 66.9 Å². The van der Waals surface area contributed by atoms with Crippen molar-refractivity contribution in [1.29, 1.82) is 0 Å². The van der Waals surface area contributed by atoms with E-state index < -0.39 is 36.4 Å². The van der Waals surface area contributed by atoms with E-state index in [0.29, 0.717) is 39.0 Å². The number of rotatable bonds is 9. The number of nitrogens with one attached hydrogen (secondary N) is 1. The number of aliphatic carboxylic acids is 3. The fourth-order valence-corrected chi connectivity index (χ4v) is 5.06. The molecule has 1 fully saturated rings. The van der Waals surface area contributed by atoms with Crippen LogP contribution < -0.4 is 10.1 Å². The molecule has 0 aliphatic carbocycles. The van der Waals surface area contributed by atoms with Crippen molar-refractivity contribution in [3.8, 4) is 17.0 Å². The second kappa shape index (κ2) is 17.9. The van der Waals surface area contributed by atoms with E-state index in [1.807, 2.05) is 36.4 Å². The van der Waals surface area contributed by atoms with Crippen LogP contribution in [0, 0.1) is 0 Å². The Balaban J connectivity index is 0.000000341. The molecule has 0 spiro atoms. The number of ether oxygens (including phenoxy) is 3. The average molecular weight is 665 g/mol. The molecule has 2 aromatic carbocycles. The summed E-state index contributed by atoms with van der Waals surface area (Å²) in [6, 6.07) is 16.2. The van der Waals surface area contributed by atoms with Crippen LogP contribution in [0.3, 0.4) is 0 Å². The summed E-state index contributed by atoms with van der Waals surface area (Å²) in [6.45, 7) is 5.99. The minimum atomic E-state index is -2.74. The van der Waals surface area contributed by atoms with Gasteiger partial charge >= 0.3 is 17.9 Å². The Bertz CT molecular complexity index is 1560. The van der Waals surface area contributed by atoms with Crippen molar-refractivity contribution in [1.82, 2.24) is 14.9 Å². The molecule has 256 valence electrons. The number of likely N-dealkylation sites (tertiary alicyclic amines) is 1. The van der Waals surface area contributed by atoms with Crippen LogP contribution in [0.1, 0.15) is 36.8 Å². The van der Waals surface area contributed by atoms with E-state index in [1.54, 1.807) is 6.20 Å². The topological polar surface area (TPSA) is 201 Å². The minimum Gasteiger partial charge on any atom is -0.492 e. The zero-order valence-corrected chi connectivity index (χ0v) is 26.4. The van der Waals surface area contributed by atoms with Gasteiger partial charge in [-0.25, -0.2) is 14.8 Å². The quantitative estimate of drug-likeness (QED) is 0.207. The zero-order chi connectivity index (χ0) is 34.4.